The summed E-state index contributed by atoms with van der Waals surface area (Å²) in [6, 6.07) is 5.38. The first kappa shape index (κ1) is 13.4. The van der Waals surface area contributed by atoms with Crippen molar-refractivity contribution >= 4 is 33.4 Å². The molecule has 0 aliphatic heterocycles. The first-order valence-corrected chi connectivity index (χ1v) is 7.08. The van der Waals surface area contributed by atoms with Gasteiger partial charge in [0.2, 0.25) is 5.78 Å². The third kappa shape index (κ3) is 2.80. The van der Waals surface area contributed by atoms with Gasteiger partial charge in [-0.3, -0.25) is 14.6 Å². The van der Waals surface area contributed by atoms with Gasteiger partial charge in [0.05, 0.1) is 5.39 Å². The standard InChI is InChI=1S/C15H11N3O2S/c1-9-7-11-14(20)17-13(18-15(11)21-9)12(19)5-4-10-3-2-6-16-8-10/h2-8H,1H3,(H,17,18,20)/b5-4+. The van der Waals surface area contributed by atoms with Crippen LogP contribution in [0.5, 0.6) is 0 Å². The van der Waals surface area contributed by atoms with Gasteiger partial charge < -0.3 is 4.98 Å². The minimum absolute atomic E-state index is 0.0505. The molecule has 3 rings (SSSR count). The number of carbonyl (C=O) groups excluding carboxylic acids is 1. The molecular formula is C15H11N3O2S. The van der Waals surface area contributed by atoms with Crippen molar-refractivity contribution in [3.63, 3.8) is 0 Å². The van der Waals surface area contributed by atoms with Gasteiger partial charge in [0.25, 0.3) is 5.56 Å². The van der Waals surface area contributed by atoms with E-state index in [2.05, 4.69) is 15.0 Å². The Morgan fingerprint density at radius 3 is 3.05 bits per heavy atom. The lowest BCUT2D eigenvalue weighted by Crippen LogP contribution is -2.13. The Labute approximate surface area is 124 Å². The number of hydrogen-bond acceptors (Lipinski definition) is 5. The Hall–Kier alpha value is -2.60. The van der Waals surface area contributed by atoms with Crippen LogP contribution in [-0.2, 0) is 0 Å². The van der Waals surface area contributed by atoms with Gasteiger partial charge in [0.1, 0.15) is 4.83 Å². The van der Waals surface area contributed by atoms with Gasteiger partial charge >= 0.3 is 0 Å². The highest BCUT2D eigenvalue weighted by Crippen LogP contribution is 2.19. The molecule has 0 atom stereocenters. The molecule has 0 aliphatic rings. The van der Waals surface area contributed by atoms with Gasteiger partial charge in [-0.25, -0.2) is 4.98 Å². The number of aromatic nitrogens is 3. The number of thiophene rings is 1. The molecule has 0 aromatic carbocycles. The molecule has 3 aromatic heterocycles. The number of fused-ring (bicyclic) bond motifs is 1. The Bertz CT molecular complexity index is 894. The first-order chi connectivity index (χ1) is 10.1. The maximum atomic E-state index is 12.1. The van der Waals surface area contributed by atoms with Gasteiger partial charge in [0, 0.05) is 17.3 Å². The highest BCUT2D eigenvalue weighted by Gasteiger charge is 2.10. The van der Waals surface area contributed by atoms with Crippen LogP contribution in [0.1, 0.15) is 21.1 Å². The molecule has 6 heteroatoms. The van der Waals surface area contributed by atoms with Crippen molar-refractivity contribution in [1.29, 1.82) is 0 Å². The molecule has 0 unspecified atom stereocenters. The zero-order chi connectivity index (χ0) is 14.8. The van der Waals surface area contributed by atoms with E-state index in [-0.39, 0.29) is 17.2 Å². The van der Waals surface area contributed by atoms with E-state index in [1.807, 2.05) is 13.0 Å². The smallest absolute Gasteiger partial charge is 0.260 e. The number of nitrogens with one attached hydrogen (secondary N) is 1. The summed E-state index contributed by atoms with van der Waals surface area (Å²) in [7, 11) is 0. The zero-order valence-electron chi connectivity index (χ0n) is 11.2. The Kier molecular flexibility index (Phi) is 3.45. The minimum Gasteiger partial charge on any atom is -0.303 e. The molecular weight excluding hydrogens is 286 g/mol. The summed E-state index contributed by atoms with van der Waals surface area (Å²) in [5.41, 5.74) is 0.517. The van der Waals surface area contributed by atoms with Crippen molar-refractivity contribution in [3.8, 4) is 0 Å². The molecule has 0 fully saturated rings. The van der Waals surface area contributed by atoms with E-state index in [1.54, 1.807) is 30.6 Å². The van der Waals surface area contributed by atoms with Crippen LogP contribution in [0.2, 0.25) is 0 Å². The predicted octanol–water partition coefficient (Wildman–Crippen LogP) is 2.58. The Morgan fingerprint density at radius 1 is 1.43 bits per heavy atom. The molecule has 0 aliphatic carbocycles. The van der Waals surface area contributed by atoms with E-state index in [1.165, 1.54) is 17.4 Å². The monoisotopic (exact) mass is 297 g/mol. The second-order valence-corrected chi connectivity index (χ2v) is 5.71. The average molecular weight is 297 g/mol. The summed E-state index contributed by atoms with van der Waals surface area (Å²) >= 11 is 1.39. The molecule has 1 N–H and O–H groups in total. The van der Waals surface area contributed by atoms with Gasteiger partial charge in [0.15, 0.2) is 5.82 Å². The van der Waals surface area contributed by atoms with Crippen LogP contribution in [-0.4, -0.2) is 20.7 Å². The number of hydrogen-bond donors (Lipinski definition) is 1. The Morgan fingerprint density at radius 2 is 2.29 bits per heavy atom. The van der Waals surface area contributed by atoms with Crippen LogP contribution in [0.3, 0.4) is 0 Å². The third-order valence-electron chi connectivity index (χ3n) is 2.87. The molecule has 0 bridgehead atoms. The SMILES string of the molecule is Cc1cc2c(=O)[nH]c(C(=O)/C=C/c3cccnc3)nc2s1. The highest BCUT2D eigenvalue weighted by atomic mass is 32.1. The third-order valence-corrected chi connectivity index (χ3v) is 3.81. The number of nitrogens with zero attached hydrogens (tertiary/aromatic N) is 2. The van der Waals surface area contributed by atoms with Gasteiger partial charge in [-0.1, -0.05) is 6.07 Å². The van der Waals surface area contributed by atoms with E-state index in [9.17, 15) is 9.59 Å². The molecule has 0 amide bonds. The van der Waals surface area contributed by atoms with Crippen molar-refractivity contribution in [2.75, 3.05) is 0 Å². The second kappa shape index (κ2) is 5.41. The Balaban J connectivity index is 1.95. The molecule has 0 saturated heterocycles. The summed E-state index contributed by atoms with van der Waals surface area (Å²) in [4.78, 5) is 36.3. The average Bonchev–Trinajstić information content (AvgIpc) is 2.87. The number of aryl methyl sites for hydroxylation is 1. The lowest BCUT2D eigenvalue weighted by Gasteiger charge is -1.96. The van der Waals surface area contributed by atoms with Gasteiger partial charge in [-0.15, -0.1) is 11.3 Å². The molecule has 0 saturated carbocycles. The van der Waals surface area contributed by atoms with E-state index < -0.39 is 0 Å². The molecule has 104 valence electrons. The van der Waals surface area contributed by atoms with Gasteiger partial charge in [-0.05, 0) is 36.8 Å². The van der Waals surface area contributed by atoms with E-state index in [4.69, 9.17) is 0 Å². The predicted molar refractivity (Wildman–Crippen MR) is 82.6 cm³/mol. The fourth-order valence-corrected chi connectivity index (χ4v) is 2.77. The molecule has 0 radical (unpaired) electrons. The maximum absolute atomic E-state index is 12.1. The van der Waals surface area contributed by atoms with Crippen molar-refractivity contribution in [3.05, 3.63) is 63.3 Å². The fourth-order valence-electron chi connectivity index (χ4n) is 1.89. The molecule has 0 spiro atoms. The number of carbonyl (C=O) groups is 1. The number of H-pyrrole nitrogens is 1. The topological polar surface area (TPSA) is 75.7 Å². The largest absolute Gasteiger partial charge is 0.303 e. The van der Waals surface area contributed by atoms with Crippen LogP contribution < -0.4 is 5.56 Å². The number of ketones is 1. The van der Waals surface area contributed by atoms with Crippen LogP contribution in [0.15, 0.2) is 41.5 Å². The maximum Gasteiger partial charge on any atom is 0.260 e. The van der Waals surface area contributed by atoms with Crippen LogP contribution in [0.4, 0.5) is 0 Å². The van der Waals surface area contributed by atoms with Crippen molar-refractivity contribution in [2.45, 2.75) is 6.92 Å². The number of pyridine rings is 1. The molecule has 5 nitrogen and oxygen atoms in total. The lowest BCUT2D eigenvalue weighted by atomic mass is 10.2. The van der Waals surface area contributed by atoms with Crippen molar-refractivity contribution in [1.82, 2.24) is 15.0 Å². The van der Waals surface area contributed by atoms with Crippen molar-refractivity contribution < 1.29 is 4.79 Å². The quantitative estimate of drug-likeness (QED) is 0.595. The second-order valence-electron chi connectivity index (χ2n) is 4.47. The summed E-state index contributed by atoms with van der Waals surface area (Å²) in [6.45, 7) is 1.90. The number of aromatic amines is 1. The molecule has 21 heavy (non-hydrogen) atoms. The molecule has 3 aromatic rings. The van der Waals surface area contributed by atoms with Crippen molar-refractivity contribution in [2.24, 2.45) is 0 Å². The number of rotatable bonds is 3. The summed E-state index contributed by atoms with van der Waals surface area (Å²) in [5, 5.41) is 0.519. The van der Waals surface area contributed by atoms with E-state index >= 15 is 0 Å². The minimum atomic E-state index is -0.344. The summed E-state index contributed by atoms with van der Waals surface area (Å²) in [5.74, 6) is -0.293. The van der Waals surface area contributed by atoms with Crippen LogP contribution in [0, 0.1) is 6.92 Å². The van der Waals surface area contributed by atoms with Crippen LogP contribution >= 0.6 is 11.3 Å². The van der Waals surface area contributed by atoms with E-state index in [0.29, 0.717) is 10.2 Å². The summed E-state index contributed by atoms with van der Waals surface area (Å²) < 4.78 is 0. The van der Waals surface area contributed by atoms with Crippen LogP contribution in [0.25, 0.3) is 16.3 Å². The fraction of sp³-hybridized carbons (Fsp3) is 0.0667. The normalized spacial score (nSPS) is 11.3. The molecule has 3 heterocycles. The first-order valence-electron chi connectivity index (χ1n) is 6.26. The highest BCUT2D eigenvalue weighted by molar-refractivity contribution is 7.18. The summed E-state index contributed by atoms with van der Waals surface area (Å²) in [6.07, 6.45) is 6.32. The van der Waals surface area contributed by atoms with Gasteiger partial charge in [-0.2, -0.15) is 0 Å². The number of allylic oxidation sites excluding steroid dienone is 1. The lowest BCUT2D eigenvalue weighted by molar-refractivity contribution is 0.103. The van der Waals surface area contributed by atoms with E-state index in [0.717, 1.165) is 10.4 Å². The zero-order valence-corrected chi connectivity index (χ0v) is 12.0.